The van der Waals surface area contributed by atoms with Gasteiger partial charge in [-0.1, -0.05) is 0 Å². The van der Waals surface area contributed by atoms with E-state index >= 15 is 0 Å². The number of nitrogens with zero attached hydrogens (tertiary/aromatic N) is 2. The molecule has 0 amide bonds. The van der Waals surface area contributed by atoms with Gasteiger partial charge in [0.2, 0.25) is 0 Å². The first-order chi connectivity index (χ1) is 5.81. The normalized spacial score (nSPS) is 28.6. The molecule has 2 fully saturated rings. The SMILES string of the molecule is CCOC(=O)CC1CN2CCN12. The maximum atomic E-state index is 11.1. The summed E-state index contributed by atoms with van der Waals surface area (Å²) in [4.78, 5) is 11.1. The predicted octanol–water partition coefficient (Wildman–Crippen LogP) is -0.146. The van der Waals surface area contributed by atoms with E-state index < -0.39 is 0 Å². The van der Waals surface area contributed by atoms with E-state index in [4.69, 9.17) is 4.74 Å². The average Bonchev–Trinajstić information content (AvgIpc) is 1.99. The van der Waals surface area contributed by atoms with Crippen molar-refractivity contribution in [1.29, 1.82) is 0 Å². The molecule has 0 saturated carbocycles. The largest absolute Gasteiger partial charge is 0.466 e. The number of carbonyl (C=O) groups is 1. The predicted molar refractivity (Wildman–Crippen MR) is 43.3 cm³/mol. The number of hydrazine groups is 1. The molecule has 0 bridgehead atoms. The lowest BCUT2D eigenvalue weighted by atomic mass is 10.1. The van der Waals surface area contributed by atoms with Crippen molar-refractivity contribution in [3.63, 3.8) is 0 Å². The zero-order valence-corrected chi connectivity index (χ0v) is 7.32. The van der Waals surface area contributed by atoms with Crippen LogP contribution in [0.3, 0.4) is 0 Å². The smallest absolute Gasteiger partial charge is 0.307 e. The fraction of sp³-hybridized carbons (Fsp3) is 0.875. The average molecular weight is 170 g/mol. The molecule has 4 nitrogen and oxygen atoms in total. The highest BCUT2D eigenvalue weighted by Gasteiger charge is 2.43. The Balaban J connectivity index is 1.70. The Morgan fingerprint density at radius 1 is 1.58 bits per heavy atom. The van der Waals surface area contributed by atoms with E-state index in [1.807, 2.05) is 6.92 Å². The van der Waals surface area contributed by atoms with E-state index in [0.717, 1.165) is 13.1 Å². The molecule has 2 saturated heterocycles. The van der Waals surface area contributed by atoms with Gasteiger partial charge < -0.3 is 4.74 Å². The van der Waals surface area contributed by atoms with Gasteiger partial charge >= 0.3 is 5.97 Å². The summed E-state index contributed by atoms with van der Waals surface area (Å²) >= 11 is 0. The molecule has 12 heavy (non-hydrogen) atoms. The van der Waals surface area contributed by atoms with E-state index in [2.05, 4.69) is 10.0 Å². The maximum Gasteiger partial charge on any atom is 0.307 e. The first kappa shape index (κ1) is 8.01. The molecule has 1 unspecified atom stereocenters. The third kappa shape index (κ3) is 1.21. The van der Waals surface area contributed by atoms with Crippen LogP contribution < -0.4 is 0 Å². The van der Waals surface area contributed by atoms with Gasteiger partial charge in [-0.15, -0.1) is 0 Å². The number of ether oxygens (including phenoxy) is 1. The number of hydrogen-bond acceptors (Lipinski definition) is 4. The highest BCUT2D eigenvalue weighted by Crippen LogP contribution is 2.27. The monoisotopic (exact) mass is 170 g/mol. The van der Waals surface area contributed by atoms with Crippen LogP contribution in [-0.2, 0) is 9.53 Å². The number of carbonyl (C=O) groups excluding carboxylic acids is 1. The summed E-state index contributed by atoms with van der Waals surface area (Å²) in [5.74, 6) is -0.0611. The van der Waals surface area contributed by atoms with Crippen LogP contribution >= 0.6 is 0 Å². The van der Waals surface area contributed by atoms with Crippen LogP contribution in [0.15, 0.2) is 0 Å². The number of rotatable bonds is 3. The zero-order valence-electron chi connectivity index (χ0n) is 7.32. The highest BCUT2D eigenvalue weighted by molar-refractivity contribution is 5.70. The summed E-state index contributed by atoms with van der Waals surface area (Å²) in [6.45, 7) is 5.66. The molecule has 2 rings (SSSR count). The molecule has 0 radical (unpaired) electrons. The first-order valence-corrected chi connectivity index (χ1v) is 4.48. The zero-order chi connectivity index (χ0) is 8.55. The lowest BCUT2D eigenvalue weighted by Crippen LogP contribution is -2.74. The fourth-order valence-corrected chi connectivity index (χ4v) is 1.79. The Labute approximate surface area is 72.0 Å². The lowest BCUT2D eigenvalue weighted by Gasteiger charge is -2.58. The van der Waals surface area contributed by atoms with Gasteiger partial charge in [-0.2, -0.15) is 0 Å². The van der Waals surface area contributed by atoms with Crippen LogP contribution in [0.5, 0.6) is 0 Å². The van der Waals surface area contributed by atoms with E-state index in [0.29, 0.717) is 19.1 Å². The number of piperazine rings is 1. The summed E-state index contributed by atoms with van der Waals surface area (Å²) in [7, 11) is 0. The van der Waals surface area contributed by atoms with Crippen molar-refractivity contribution in [2.75, 3.05) is 26.2 Å². The molecule has 2 heterocycles. The molecule has 4 heteroatoms. The topological polar surface area (TPSA) is 32.8 Å². The molecular weight excluding hydrogens is 156 g/mol. The molecule has 0 aliphatic carbocycles. The highest BCUT2D eigenvalue weighted by atomic mass is 16.5. The molecule has 2 aliphatic rings. The summed E-state index contributed by atoms with van der Waals surface area (Å²) in [6.07, 6.45) is 0.560. The van der Waals surface area contributed by atoms with E-state index in [-0.39, 0.29) is 5.97 Å². The van der Waals surface area contributed by atoms with E-state index in [1.165, 1.54) is 6.54 Å². The molecule has 1 atom stereocenters. The number of esters is 1. The van der Waals surface area contributed by atoms with Gasteiger partial charge in [0.1, 0.15) is 0 Å². The van der Waals surface area contributed by atoms with Crippen molar-refractivity contribution < 1.29 is 9.53 Å². The van der Waals surface area contributed by atoms with Gasteiger partial charge in [-0.05, 0) is 6.92 Å². The molecule has 0 spiro atoms. The minimum atomic E-state index is -0.0611. The Bertz CT molecular complexity index is 195. The van der Waals surface area contributed by atoms with E-state index in [1.54, 1.807) is 0 Å². The van der Waals surface area contributed by atoms with Crippen molar-refractivity contribution in [2.45, 2.75) is 19.4 Å². The molecule has 0 N–H and O–H groups in total. The lowest BCUT2D eigenvalue weighted by molar-refractivity contribution is -0.236. The minimum absolute atomic E-state index is 0.0611. The molecule has 0 aromatic carbocycles. The van der Waals surface area contributed by atoms with Crippen molar-refractivity contribution in [2.24, 2.45) is 0 Å². The number of hydrogen-bond donors (Lipinski definition) is 0. The first-order valence-electron chi connectivity index (χ1n) is 4.48. The van der Waals surface area contributed by atoms with Crippen LogP contribution in [0.1, 0.15) is 13.3 Å². The van der Waals surface area contributed by atoms with Crippen molar-refractivity contribution in [3.05, 3.63) is 0 Å². The summed E-state index contributed by atoms with van der Waals surface area (Å²) in [5.41, 5.74) is 0. The standard InChI is InChI=1S/C8H14N2O2/c1-2-12-8(11)5-7-6-9-3-4-10(7)9/h7H,2-6H2,1H3. The molecule has 0 aromatic heterocycles. The van der Waals surface area contributed by atoms with Gasteiger partial charge in [0.15, 0.2) is 0 Å². The van der Waals surface area contributed by atoms with Gasteiger partial charge in [0, 0.05) is 25.7 Å². The van der Waals surface area contributed by atoms with Gasteiger partial charge in [-0.25, -0.2) is 10.0 Å². The van der Waals surface area contributed by atoms with E-state index in [9.17, 15) is 4.79 Å². The van der Waals surface area contributed by atoms with Crippen LogP contribution in [0.25, 0.3) is 0 Å². The van der Waals surface area contributed by atoms with Crippen molar-refractivity contribution >= 4 is 5.97 Å². The second-order valence-electron chi connectivity index (χ2n) is 3.24. The number of fused-ring (bicyclic) bond motifs is 1. The van der Waals surface area contributed by atoms with Crippen molar-refractivity contribution in [1.82, 2.24) is 10.0 Å². The maximum absolute atomic E-state index is 11.1. The van der Waals surface area contributed by atoms with Crippen molar-refractivity contribution in [3.8, 4) is 0 Å². The summed E-state index contributed by atoms with van der Waals surface area (Å²) in [5, 5.41) is 4.49. The quantitative estimate of drug-likeness (QED) is 0.552. The Morgan fingerprint density at radius 2 is 2.42 bits per heavy atom. The van der Waals surface area contributed by atoms with Crippen LogP contribution in [0.4, 0.5) is 0 Å². The van der Waals surface area contributed by atoms with Gasteiger partial charge in [-0.3, -0.25) is 4.79 Å². The third-order valence-electron chi connectivity index (χ3n) is 2.50. The van der Waals surface area contributed by atoms with Gasteiger partial charge in [0.05, 0.1) is 13.0 Å². The van der Waals surface area contributed by atoms with Crippen LogP contribution in [-0.4, -0.2) is 48.3 Å². The van der Waals surface area contributed by atoms with Crippen LogP contribution in [0.2, 0.25) is 0 Å². The molecule has 0 aromatic rings. The molecular formula is C8H14N2O2. The van der Waals surface area contributed by atoms with Gasteiger partial charge in [0.25, 0.3) is 0 Å². The molecule has 68 valence electrons. The van der Waals surface area contributed by atoms with Crippen LogP contribution in [0, 0.1) is 0 Å². The second-order valence-corrected chi connectivity index (χ2v) is 3.24. The summed E-state index contributed by atoms with van der Waals surface area (Å²) in [6, 6.07) is 0.429. The minimum Gasteiger partial charge on any atom is -0.466 e. The second kappa shape index (κ2) is 3.03. The Morgan fingerprint density at radius 3 is 2.83 bits per heavy atom. The molecule has 2 aliphatic heterocycles. The Hall–Kier alpha value is -0.610. The fourth-order valence-electron chi connectivity index (χ4n) is 1.79. The Kier molecular flexibility index (Phi) is 2.02. The third-order valence-corrected chi connectivity index (χ3v) is 2.50. The summed E-state index contributed by atoms with van der Waals surface area (Å²) < 4.78 is 4.87.